The molecule has 0 atom stereocenters. The Morgan fingerprint density at radius 2 is 1.90 bits per heavy atom. The monoisotopic (exact) mass is 401 g/mol. The fourth-order valence-corrected chi connectivity index (χ4v) is 3.74. The van der Waals surface area contributed by atoms with Crippen molar-refractivity contribution < 1.29 is 9.66 Å². The number of nitrogens with two attached hydrogens (primary N) is 1. The SMILES string of the molecule is Nc1nccn2c(C3CCC3)nc(-c3ccc(Oc4ccccc4[N+](=O)[O-])cc3)c12. The third-order valence-electron chi connectivity index (χ3n) is 5.50. The average molecular weight is 401 g/mol. The summed E-state index contributed by atoms with van der Waals surface area (Å²) in [5.41, 5.74) is 8.56. The first kappa shape index (κ1) is 18.1. The van der Waals surface area contributed by atoms with E-state index < -0.39 is 4.92 Å². The number of nitrogens with zero attached hydrogens (tertiary/aromatic N) is 4. The van der Waals surface area contributed by atoms with Crippen molar-refractivity contribution >= 4 is 17.0 Å². The molecule has 0 radical (unpaired) electrons. The molecule has 0 saturated heterocycles. The minimum Gasteiger partial charge on any atom is -0.450 e. The standard InChI is InChI=1S/C22H19N5O3/c23-21-20-19(25-22(15-4-3-5-15)26(20)13-12-24-21)14-8-10-16(11-9-14)30-18-7-2-1-6-17(18)27(28)29/h1-2,6-13,15H,3-5H2,(H2,23,24). The van der Waals surface area contributed by atoms with Gasteiger partial charge in [-0.05, 0) is 43.2 Å². The van der Waals surface area contributed by atoms with Crippen LogP contribution in [0.25, 0.3) is 16.8 Å². The molecule has 0 spiro atoms. The van der Waals surface area contributed by atoms with Crippen LogP contribution in [0.1, 0.15) is 31.0 Å². The van der Waals surface area contributed by atoms with Crippen molar-refractivity contribution in [2.24, 2.45) is 0 Å². The zero-order valence-electron chi connectivity index (χ0n) is 16.1. The molecule has 0 bridgehead atoms. The van der Waals surface area contributed by atoms with Gasteiger partial charge in [0.15, 0.2) is 0 Å². The minimum atomic E-state index is -0.460. The molecular weight excluding hydrogens is 382 g/mol. The van der Waals surface area contributed by atoms with Crippen molar-refractivity contribution in [2.45, 2.75) is 25.2 Å². The minimum absolute atomic E-state index is 0.0781. The van der Waals surface area contributed by atoms with Gasteiger partial charge in [0.25, 0.3) is 0 Å². The first-order valence-electron chi connectivity index (χ1n) is 9.76. The van der Waals surface area contributed by atoms with Gasteiger partial charge in [-0.1, -0.05) is 18.6 Å². The zero-order valence-corrected chi connectivity index (χ0v) is 16.1. The Balaban J connectivity index is 1.51. The summed E-state index contributed by atoms with van der Waals surface area (Å²) in [6.07, 6.45) is 7.07. The van der Waals surface area contributed by atoms with Crippen molar-refractivity contribution in [3.63, 3.8) is 0 Å². The number of hydrogen-bond acceptors (Lipinski definition) is 6. The molecule has 2 aromatic heterocycles. The van der Waals surface area contributed by atoms with E-state index in [2.05, 4.69) is 4.98 Å². The van der Waals surface area contributed by atoms with Gasteiger partial charge in [0.1, 0.15) is 28.6 Å². The Morgan fingerprint density at radius 1 is 1.13 bits per heavy atom. The highest BCUT2D eigenvalue weighted by Gasteiger charge is 2.26. The number of fused-ring (bicyclic) bond motifs is 1. The molecule has 2 heterocycles. The second-order valence-corrected chi connectivity index (χ2v) is 7.33. The van der Waals surface area contributed by atoms with Crippen LogP contribution in [0.15, 0.2) is 60.9 Å². The highest BCUT2D eigenvalue weighted by molar-refractivity contribution is 5.85. The number of hydrogen-bond donors (Lipinski definition) is 1. The molecule has 2 N–H and O–H groups in total. The van der Waals surface area contributed by atoms with Gasteiger partial charge in [-0.15, -0.1) is 0 Å². The van der Waals surface area contributed by atoms with Gasteiger partial charge in [-0.2, -0.15) is 0 Å². The molecule has 8 heteroatoms. The van der Waals surface area contributed by atoms with Gasteiger partial charge < -0.3 is 10.5 Å². The lowest BCUT2D eigenvalue weighted by Crippen LogP contribution is -2.12. The van der Waals surface area contributed by atoms with E-state index in [0.717, 1.165) is 35.4 Å². The van der Waals surface area contributed by atoms with E-state index in [4.69, 9.17) is 15.5 Å². The third-order valence-corrected chi connectivity index (χ3v) is 5.50. The highest BCUT2D eigenvalue weighted by Crippen LogP contribution is 2.39. The van der Waals surface area contributed by atoms with Crippen LogP contribution in [0.3, 0.4) is 0 Å². The fraction of sp³-hybridized carbons (Fsp3) is 0.182. The number of imidazole rings is 1. The summed E-state index contributed by atoms with van der Waals surface area (Å²) in [5, 5.41) is 11.2. The smallest absolute Gasteiger partial charge is 0.311 e. The van der Waals surface area contributed by atoms with E-state index >= 15 is 0 Å². The number of anilines is 1. The van der Waals surface area contributed by atoms with Crippen LogP contribution < -0.4 is 10.5 Å². The Bertz CT molecular complexity index is 1250. The van der Waals surface area contributed by atoms with E-state index in [-0.39, 0.29) is 11.4 Å². The highest BCUT2D eigenvalue weighted by atomic mass is 16.6. The van der Waals surface area contributed by atoms with E-state index in [9.17, 15) is 10.1 Å². The summed E-state index contributed by atoms with van der Waals surface area (Å²) >= 11 is 0. The Hall–Kier alpha value is -3.94. The molecule has 1 saturated carbocycles. The molecule has 2 aromatic carbocycles. The largest absolute Gasteiger partial charge is 0.450 e. The van der Waals surface area contributed by atoms with Gasteiger partial charge in [-0.3, -0.25) is 14.5 Å². The summed E-state index contributed by atoms with van der Waals surface area (Å²) in [4.78, 5) is 19.9. The maximum Gasteiger partial charge on any atom is 0.311 e. The molecule has 1 fully saturated rings. The fourth-order valence-electron chi connectivity index (χ4n) is 3.74. The Morgan fingerprint density at radius 3 is 2.60 bits per heavy atom. The Labute approximate surface area is 172 Å². The van der Waals surface area contributed by atoms with E-state index in [1.165, 1.54) is 12.5 Å². The molecule has 30 heavy (non-hydrogen) atoms. The summed E-state index contributed by atoms with van der Waals surface area (Å²) in [6.45, 7) is 0. The molecule has 0 amide bonds. The summed E-state index contributed by atoms with van der Waals surface area (Å²) in [6, 6.07) is 13.6. The first-order valence-corrected chi connectivity index (χ1v) is 9.76. The van der Waals surface area contributed by atoms with Crippen molar-refractivity contribution in [1.82, 2.24) is 14.4 Å². The molecule has 1 aliphatic carbocycles. The van der Waals surface area contributed by atoms with Crippen molar-refractivity contribution in [3.05, 3.63) is 76.9 Å². The van der Waals surface area contributed by atoms with Crippen molar-refractivity contribution in [1.29, 1.82) is 0 Å². The van der Waals surface area contributed by atoms with Crippen LogP contribution >= 0.6 is 0 Å². The molecule has 0 aliphatic heterocycles. The van der Waals surface area contributed by atoms with Crippen LogP contribution in [0.4, 0.5) is 11.5 Å². The predicted octanol–water partition coefficient (Wildman–Crippen LogP) is 4.95. The quantitative estimate of drug-likeness (QED) is 0.374. The van der Waals surface area contributed by atoms with E-state index in [1.807, 2.05) is 22.7 Å². The molecular formula is C22H19N5O3. The zero-order chi connectivity index (χ0) is 20.7. The number of nitrogen functional groups attached to an aromatic ring is 1. The number of nitro groups is 1. The van der Waals surface area contributed by atoms with Gasteiger partial charge in [0, 0.05) is 29.9 Å². The van der Waals surface area contributed by atoms with Crippen molar-refractivity contribution in [2.75, 3.05) is 5.73 Å². The molecule has 1 aliphatic rings. The van der Waals surface area contributed by atoms with E-state index in [0.29, 0.717) is 17.5 Å². The molecule has 5 rings (SSSR count). The second kappa shape index (κ2) is 7.14. The lowest BCUT2D eigenvalue weighted by molar-refractivity contribution is -0.385. The topological polar surface area (TPSA) is 109 Å². The summed E-state index contributed by atoms with van der Waals surface area (Å²) in [5.74, 6) is 2.59. The number of nitro benzene ring substituents is 1. The number of ether oxygens (including phenoxy) is 1. The number of aromatic nitrogens is 3. The first-order chi connectivity index (χ1) is 14.6. The predicted molar refractivity (Wildman–Crippen MR) is 113 cm³/mol. The Kier molecular flexibility index (Phi) is 4.31. The number of rotatable bonds is 5. The second-order valence-electron chi connectivity index (χ2n) is 7.33. The third kappa shape index (κ3) is 3.02. The van der Waals surface area contributed by atoms with Gasteiger partial charge in [-0.25, -0.2) is 9.97 Å². The number of benzene rings is 2. The maximum atomic E-state index is 11.2. The lowest BCUT2D eigenvalue weighted by Gasteiger charge is -2.23. The van der Waals surface area contributed by atoms with Crippen LogP contribution in [0, 0.1) is 10.1 Å². The molecule has 0 unspecified atom stereocenters. The van der Waals surface area contributed by atoms with Crippen LogP contribution in [-0.2, 0) is 0 Å². The van der Waals surface area contributed by atoms with Crippen LogP contribution in [0.2, 0.25) is 0 Å². The van der Waals surface area contributed by atoms with Crippen molar-refractivity contribution in [3.8, 4) is 22.8 Å². The normalized spacial score (nSPS) is 13.9. The molecule has 150 valence electrons. The van der Waals surface area contributed by atoms with Gasteiger partial charge >= 0.3 is 5.69 Å². The molecule has 4 aromatic rings. The van der Waals surface area contributed by atoms with Crippen LogP contribution in [0.5, 0.6) is 11.5 Å². The number of para-hydroxylation sites is 2. The summed E-state index contributed by atoms with van der Waals surface area (Å²) in [7, 11) is 0. The van der Waals surface area contributed by atoms with E-state index in [1.54, 1.807) is 36.5 Å². The summed E-state index contributed by atoms with van der Waals surface area (Å²) < 4.78 is 7.78. The van der Waals surface area contributed by atoms with Crippen LogP contribution in [-0.4, -0.2) is 19.3 Å². The maximum absolute atomic E-state index is 11.2. The van der Waals surface area contributed by atoms with Gasteiger partial charge in [0.05, 0.1) is 4.92 Å². The average Bonchev–Trinajstić information content (AvgIpc) is 3.08. The van der Waals surface area contributed by atoms with Gasteiger partial charge in [0.2, 0.25) is 5.75 Å². The molecule has 8 nitrogen and oxygen atoms in total. The lowest BCUT2D eigenvalue weighted by atomic mass is 9.85.